The van der Waals surface area contributed by atoms with Crippen LogP contribution in [-0.4, -0.2) is 31.4 Å². The third kappa shape index (κ3) is 8.86. The molecule has 2 aliphatic rings. The van der Waals surface area contributed by atoms with Crippen molar-refractivity contribution in [3.63, 3.8) is 0 Å². The van der Waals surface area contributed by atoms with Gasteiger partial charge in [0.1, 0.15) is 0 Å². The summed E-state index contributed by atoms with van der Waals surface area (Å²) in [6.07, 6.45) is 12.4. The van der Waals surface area contributed by atoms with Gasteiger partial charge in [0.25, 0.3) is 0 Å². The number of aliphatic carboxylic acids is 1. The summed E-state index contributed by atoms with van der Waals surface area (Å²) in [5.74, 6) is 0.560. The second kappa shape index (κ2) is 11.7. The molecular formula is C17H32N2O2. The Morgan fingerprint density at radius 1 is 1.10 bits per heavy atom. The summed E-state index contributed by atoms with van der Waals surface area (Å²) in [6, 6.07) is 0. The average molecular weight is 296 g/mol. The highest BCUT2D eigenvalue weighted by atomic mass is 16.4. The lowest BCUT2D eigenvalue weighted by Gasteiger charge is -2.21. The Balaban J connectivity index is 0.000000212. The molecule has 0 aromatic rings. The molecule has 0 aliphatic carbocycles. The summed E-state index contributed by atoms with van der Waals surface area (Å²) < 4.78 is 0. The van der Waals surface area contributed by atoms with E-state index in [9.17, 15) is 9.90 Å². The molecule has 2 aliphatic heterocycles. The van der Waals surface area contributed by atoms with Crippen LogP contribution < -0.4 is 10.0 Å². The van der Waals surface area contributed by atoms with Gasteiger partial charge in [-0.15, -0.1) is 0 Å². The van der Waals surface area contributed by atoms with Crippen LogP contribution in [0.5, 0.6) is 0 Å². The maximum atomic E-state index is 9.92. The van der Waals surface area contributed by atoms with Gasteiger partial charge in [0.2, 0.25) is 0 Å². The summed E-state index contributed by atoms with van der Waals surface area (Å²) in [5.41, 5.74) is 0. The van der Waals surface area contributed by atoms with Gasteiger partial charge in [-0.2, -0.15) is 0 Å². The highest BCUT2D eigenvalue weighted by Gasteiger charge is 2.21. The molecule has 0 spiro atoms. The average Bonchev–Trinajstić information content (AvgIpc) is 2.73. The SMILES string of the molecule is C1CCC2=NCCC[NH+]2CC1.CCCCCCCC(=O)[O-]. The number of carbonyl (C=O) groups is 1. The second-order valence-corrected chi connectivity index (χ2v) is 6.13. The van der Waals surface area contributed by atoms with E-state index < -0.39 is 5.97 Å². The normalized spacial score (nSPS) is 21.4. The number of carboxylic acid groups (broad SMARTS) is 1. The van der Waals surface area contributed by atoms with Crippen molar-refractivity contribution in [1.82, 2.24) is 0 Å². The minimum Gasteiger partial charge on any atom is -0.550 e. The van der Waals surface area contributed by atoms with Crippen LogP contribution >= 0.6 is 0 Å². The number of quaternary nitrogens is 1. The molecule has 0 aromatic heterocycles. The number of unbranched alkanes of at least 4 members (excludes halogenated alkanes) is 4. The van der Waals surface area contributed by atoms with Crippen molar-refractivity contribution < 1.29 is 14.8 Å². The molecule has 0 amide bonds. The quantitative estimate of drug-likeness (QED) is 0.752. The van der Waals surface area contributed by atoms with E-state index in [1.54, 1.807) is 4.90 Å². The van der Waals surface area contributed by atoms with Crippen molar-refractivity contribution in [3.8, 4) is 0 Å². The fraction of sp³-hybridized carbons (Fsp3) is 0.882. The van der Waals surface area contributed by atoms with Crippen molar-refractivity contribution in [2.24, 2.45) is 4.99 Å². The first-order chi connectivity index (χ1) is 10.2. The van der Waals surface area contributed by atoms with Gasteiger partial charge < -0.3 is 9.90 Å². The number of fused-ring (bicyclic) bond motifs is 1. The minimum absolute atomic E-state index is 0.226. The molecule has 0 bridgehead atoms. The molecule has 1 saturated heterocycles. The third-order valence-electron chi connectivity index (χ3n) is 4.22. The highest BCUT2D eigenvalue weighted by molar-refractivity contribution is 5.73. The Bertz CT molecular complexity index is 316. The van der Waals surface area contributed by atoms with Gasteiger partial charge in [-0.3, -0.25) is 4.90 Å². The number of hydrogen-bond donors (Lipinski definition) is 1. The fourth-order valence-electron chi connectivity index (χ4n) is 2.97. The molecule has 21 heavy (non-hydrogen) atoms. The number of carbonyl (C=O) groups excluding carboxylic acids is 1. The lowest BCUT2D eigenvalue weighted by molar-refractivity contribution is -0.809. The summed E-state index contributed by atoms with van der Waals surface area (Å²) in [5, 5.41) is 9.92. The van der Waals surface area contributed by atoms with Crippen LogP contribution in [0.2, 0.25) is 0 Å². The molecular weight excluding hydrogens is 264 g/mol. The molecule has 4 nitrogen and oxygen atoms in total. The number of rotatable bonds is 6. The number of amidine groups is 1. The van der Waals surface area contributed by atoms with Crippen LogP contribution in [0.15, 0.2) is 4.99 Å². The zero-order valence-corrected chi connectivity index (χ0v) is 13.7. The van der Waals surface area contributed by atoms with E-state index in [-0.39, 0.29) is 6.42 Å². The fourth-order valence-corrected chi connectivity index (χ4v) is 2.97. The zero-order chi connectivity index (χ0) is 15.3. The van der Waals surface area contributed by atoms with E-state index in [0.29, 0.717) is 0 Å². The molecule has 1 N–H and O–H groups in total. The van der Waals surface area contributed by atoms with Gasteiger partial charge in [-0.25, -0.2) is 4.99 Å². The molecule has 0 saturated carbocycles. The molecule has 1 fully saturated rings. The lowest BCUT2D eigenvalue weighted by Crippen LogP contribution is -3.15. The van der Waals surface area contributed by atoms with Gasteiger partial charge in [0.05, 0.1) is 13.1 Å². The predicted octanol–water partition coefficient (Wildman–Crippen LogP) is 1.34. The number of nitrogens with zero attached hydrogens (tertiary/aromatic N) is 1. The van der Waals surface area contributed by atoms with Crippen molar-refractivity contribution in [2.75, 3.05) is 19.6 Å². The Morgan fingerprint density at radius 3 is 2.62 bits per heavy atom. The molecule has 4 heteroatoms. The van der Waals surface area contributed by atoms with Crippen LogP contribution in [0, 0.1) is 0 Å². The van der Waals surface area contributed by atoms with Crippen molar-refractivity contribution in [3.05, 3.63) is 0 Å². The molecule has 1 atom stereocenters. The topological polar surface area (TPSA) is 56.9 Å². The first-order valence-electron chi connectivity index (χ1n) is 8.82. The lowest BCUT2D eigenvalue weighted by atomic mass is 10.1. The Hall–Kier alpha value is -0.900. The highest BCUT2D eigenvalue weighted by Crippen LogP contribution is 2.04. The molecule has 2 rings (SSSR count). The molecule has 2 heterocycles. The van der Waals surface area contributed by atoms with Crippen molar-refractivity contribution in [1.29, 1.82) is 0 Å². The Kier molecular flexibility index (Phi) is 10.1. The first-order valence-corrected chi connectivity index (χ1v) is 8.82. The van der Waals surface area contributed by atoms with Crippen LogP contribution in [-0.2, 0) is 4.79 Å². The predicted molar refractivity (Wildman–Crippen MR) is 84.5 cm³/mol. The first kappa shape index (κ1) is 18.1. The number of carboxylic acids is 1. The van der Waals surface area contributed by atoms with E-state index in [1.165, 1.54) is 63.9 Å². The van der Waals surface area contributed by atoms with E-state index in [0.717, 1.165) is 25.8 Å². The standard InChI is InChI=1S/C9H16N2.C8H16O2/c1-2-5-9-10-6-4-8-11(9)7-3-1;1-2-3-4-5-6-7-8(9)10/h1-8H2;2-7H2,1H3,(H,9,10). The third-order valence-corrected chi connectivity index (χ3v) is 4.22. The summed E-state index contributed by atoms with van der Waals surface area (Å²) in [6.45, 7) is 5.93. The summed E-state index contributed by atoms with van der Waals surface area (Å²) >= 11 is 0. The Labute approximate surface area is 129 Å². The van der Waals surface area contributed by atoms with Gasteiger partial charge >= 0.3 is 0 Å². The van der Waals surface area contributed by atoms with Crippen molar-refractivity contribution >= 4 is 11.8 Å². The van der Waals surface area contributed by atoms with Gasteiger partial charge in [0, 0.05) is 25.4 Å². The van der Waals surface area contributed by atoms with Crippen LogP contribution in [0.25, 0.3) is 0 Å². The largest absolute Gasteiger partial charge is 0.550 e. The maximum Gasteiger partial charge on any atom is 0.196 e. The molecule has 1 unspecified atom stereocenters. The smallest absolute Gasteiger partial charge is 0.196 e. The molecule has 0 aromatic carbocycles. The van der Waals surface area contributed by atoms with Crippen molar-refractivity contribution in [2.45, 2.75) is 77.6 Å². The number of hydrogen-bond acceptors (Lipinski definition) is 3. The van der Waals surface area contributed by atoms with Crippen LogP contribution in [0.1, 0.15) is 77.6 Å². The zero-order valence-electron chi connectivity index (χ0n) is 13.7. The van der Waals surface area contributed by atoms with E-state index in [1.807, 2.05) is 0 Å². The molecule has 122 valence electrons. The number of aliphatic imine (C=N–C) groups is 1. The molecule has 0 radical (unpaired) electrons. The monoisotopic (exact) mass is 296 g/mol. The number of nitrogens with one attached hydrogen (secondary N) is 1. The van der Waals surface area contributed by atoms with Gasteiger partial charge in [-0.05, 0) is 32.1 Å². The maximum absolute atomic E-state index is 9.92. The summed E-state index contributed by atoms with van der Waals surface area (Å²) in [4.78, 5) is 16.2. The summed E-state index contributed by atoms with van der Waals surface area (Å²) in [7, 11) is 0. The Morgan fingerprint density at radius 2 is 1.86 bits per heavy atom. The van der Waals surface area contributed by atoms with Gasteiger partial charge in [0.15, 0.2) is 5.84 Å². The van der Waals surface area contributed by atoms with Crippen LogP contribution in [0.3, 0.4) is 0 Å². The minimum atomic E-state index is -0.920. The van der Waals surface area contributed by atoms with E-state index in [2.05, 4.69) is 11.9 Å². The second-order valence-electron chi connectivity index (χ2n) is 6.13. The van der Waals surface area contributed by atoms with Crippen LogP contribution in [0.4, 0.5) is 0 Å². The van der Waals surface area contributed by atoms with E-state index >= 15 is 0 Å². The van der Waals surface area contributed by atoms with Gasteiger partial charge in [-0.1, -0.05) is 32.6 Å². The van der Waals surface area contributed by atoms with E-state index in [4.69, 9.17) is 0 Å².